The van der Waals surface area contributed by atoms with Crippen LogP contribution in [0.15, 0.2) is 36.4 Å². The molecule has 0 fully saturated rings. The van der Waals surface area contributed by atoms with Gasteiger partial charge in [0.2, 0.25) is 0 Å². The number of nitro groups is 1. The van der Waals surface area contributed by atoms with Crippen molar-refractivity contribution in [1.29, 1.82) is 0 Å². The number of hydrogen-bond acceptors (Lipinski definition) is 4. The molecule has 2 N–H and O–H groups in total. The van der Waals surface area contributed by atoms with E-state index in [1.165, 1.54) is 18.2 Å². The lowest BCUT2D eigenvalue weighted by Gasteiger charge is -2.14. The number of rotatable bonds is 6. The summed E-state index contributed by atoms with van der Waals surface area (Å²) in [4.78, 5) is 32.9. The molecule has 20 heavy (non-hydrogen) atoms. The Bertz CT molecular complexity index is 568. The monoisotopic (exact) mass is 278 g/mol. The van der Waals surface area contributed by atoms with Crippen LogP contribution in [0.25, 0.3) is 0 Å². The molecule has 0 aromatic heterocycles. The van der Waals surface area contributed by atoms with Gasteiger partial charge in [0, 0.05) is 17.7 Å². The van der Waals surface area contributed by atoms with Gasteiger partial charge >= 0.3 is 5.97 Å². The van der Waals surface area contributed by atoms with E-state index in [9.17, 15) is 19.7 Å². The molecule has 0 aliphatic rings. The average Bonchev–Trinajstić information content (AvgIpc) is 2.37. The number of nitrogens with zero attached hydrogens (tertiary/aromatic N) is 1. The van der Waals surface area contributed by atoms with E-state index in [2.05, 4.69) is 11.9 Å². The first-order chi connectivity index (χ1) is 9.31. The zero-order valence-electron chi connectivity index (χ0n) is 10.8. The van der Waals surface area contributed by atoms with Gasteiger partial charge in [-0.15, -0.1) is 6.58 Å². The Hall–Kier alpha value is -2.70. The number of non-ortho nitro benzene ring substituents is 1. The molecule has 1 aromatic rings. The summed E-state index contributed by atoms with van der Waals surface area (Å²) >= 11 is 0. The van der Waals surface area contributed by atoms with Crippen LogP contribution in [0.5, 0.6) is 0 Å². The second kappa shape index (κ2) is 6.46. The highest BCUT2D eigenvalue weighted by Crippen LogP contribution is 2.13. The fraction of sp³-hybridized carbons (Fsp3) is 0.231. The first kappa shape index (κ1) is 15.4. The Morgan fingerprint density at radius 2 is 2.15 bits per heavy atom. The molecule has 0 heterocycles. The van der Waals surface area contributed by atoms with Crippen molar-refractivity contribution in [2.24, 2.45) is 0 Å². The number of carbonyl (C=O) groups excluding carboxylic acids is 1. The van der Waals surface area contributed by atoms with Crippen LogP contribution in [0.1, 0.15) is 23.7 Å². The van der Waals surface area contributed by atoms with E-state index in [0.29, 0.717) is 5.57 Å². The second-order valence-corrected chi connectivity index (χ2v) is 4.33. The van der Waals surface area contributed by atoms with Crippen LogP contribution in [0, 0.1) is 10.1 Å². The third kappa shape index (κ3) is 4.20. The number of carboxylic acid groups (broad SMARTS) is 1. The maximum Gasteiger partial charge on any atom is 0.326 e. The molecule has 0 aliphatic carbocycles. The maximum absolute atomic E-state index is 11.9. The molecular formula is C13H14N2O5. The van der Waals surface area contributed by atoms with E-state index >= 15 is 0 Å². The van der Waals surface area contributed by atoms with E-state index < -0.39 is 22.8 Å². The number of nitro benzene ring substituents is 1. The summed E-state index contributed by atoms with van der Waals surface area (Å²) in [7, 11) is 0. The van der Waals surface area contributed by atoms with E-state index in [1.807, 2.05) is 0 Å². The summed E-state index contributed by atoms with van der Waals surface area (Å²) in [6.07, 6.45) is 0.0933. The van der Waals surface area contributed by atoms with Gasteiger partial charge in [0.25, 0.3) is 11.6 Å². The van der Waals surface area contributed by atoms with Crippen LogP contribution in [0.3, 0.4) is 0 Å². The van der Waals surface area contributed by atoms with Crippen molar-refractivity contribution in [3.8, 4) is 0 Å². The van der Waals surface area contributed by atoms with Crippen molar-refractivity contribution in [2.75, 3.05) is 0 Å². The van der Waals surface area contributed by atoms with Gasteiger partial charge in [-0.1, -0.05) is 11.6 Å². The molecule has 0 saturated carbocycles. The molecule has 0 saturated heterocycles. The molecule has 0 radical (unpaired) electrons. The van der Waals surface area contributed by atoms with Gasteiger partial charge in [-0.2, -0.15) is 0 Å². The molecule has 7 heteroatoms. The van der Waals surface area contributed by atoms with E-state index in [-0.39, 0.29) is 17.7 Å². The van der Waals surface area contributed by atoms with Gasteiger partial charge in [-0.25, -0.2) is 4.79 Å². The Balaban J connectivity index is 2.88. The molecule has 106 valence electrons. The Morgan fingerprint density at radius 3 is 2.65 bits per heavy atom. The summed E-state index contributed by atoms with van der Waals surface area (Å²) in [6, 6.07) is 3.97. The van der Waals surface area contributed by atoms with Gasteiger partial charge in [-0.3, -0.25) is 14.9 Å². The van der Waals surface area contributed by atoms with Gasteiger partial charge < -0.3 is 10.4 Å². The molecule has 0 spiro atoms. The Morgan fingerprint density at radius 1 is 1.50 bits per heavy atom. The smallest absolute Gasteiger partial charge is 0.326 e. The summed E-state index contributed by atoms with van der Waals surface area (Å²) < 4.78 is 0. The molecule has 1 aromatic carbocycles. The van der Waals surface area contributed by atoms with Crippen molar-refractivity contribution >= 4 is 17.6 Å². The van der Waals surface area contributed by atoms with Crippen LogP contribution in [0.2, 0.25) is 0 Å². The van der Waals surface area contributed by atoms with E-state index in [0.717, 1.165) is 6.07 Å². The van der Waals surface area contributed by atoms with Gasteiger partial charge in [0.15, 0.2) is 0 Å². The zero-order valence-corrected chi connectivity index (χ0v) is 10.8. The third-order valence-corrected chi connectivity index (χ3v) is 2.48. The van der Waals surface area contributed by atoms with Crippen molar-refractivity contribution < 1.29 is 19.6 Å². The normalized spacial score (nSPS) is 11.4. The molecule has 0 aliphatic heterocycles. The van der Waals surface area contributed by atoms with Gasteiger partial charge in [-0.05, 0) is 19.4 Å². The molecule has 1 rings (SSSR count). The predicted molar refractivity (Wildman–Crippen MR) is 71.4 cm³/mol. The maximum atomic E-state index is 11.9. The second-order valence-electron chi connectivity index (χ2n) is 4.33. The number of amides is 1. The Labute approximate surface area is 115 Å². The largest absolute Gasteiger partial charge is 0.480 e. The molecule has 1 amide bonds. The number of hydrogen-bond donors (Lipinski definition) is 2. The molecular weight excluding hydrogens is 264 g/mol. The highest BCUT2D eigenvalue weighted by molar-refractivity contribution is 5.97. The van der Waals surface area contributed by atoms with Crippen LogP contribution >= 0.6 is 0 Å². The lowest BCUT2D eigenvalue weighted by molar-refractivity contribution is -0.384. The fourth-order valence-corrected chi connectivity index (χ4v) is 1.55. The standard InChI is InChI=1S/C13H14N2O5/c1-8(2)6-11(13(17)18)14-12(16)9-4-3-5-10(7-9)15(19)20/h3-5,7,11H,1,6H2,2H3,(H,14,16)(H,17,18)/t11-/m0/s1. The highest BCUT2D eigenvalue weighted by Gasteiger charge is 2.21. The number of carboxylic acids is 1. The SMILES string of the molecule is C=C(C)C[C@H](NC(=O)c1cccc([N+](=O)[O-])c1)C(=O)O. The van der Waals surface area contributed by atoms with Crippen molar-refractivity contribution in [2.45, 2.75) is 19.4 Å². The predicted octanol–water partition coefficient (Wildman–Crippen LogP) is 1.74. The number of nitrogens with one attached hydrogen (secondary N) is 1. The Kier molecular flexibility index (Phi) is 4.96. The lowest BCUT2D eigenvalue weighted by Crippen LogP contribution is -2.40. The van der Waals surface area contributed by atoms with E-state index in [4.69, 9.17) is 5.11 Å². The molecule has 1 atom stereocenters. The lowest BCUT2D eigenvalue weighted by atomic mass is 10.1. The molecule has 0 bridgehead atoms. The van der Waals surface area contributed by atoms with Crippen LogP contribution in [0.4, 0.5) is 5.69 Å². The van der Waals surface area contributed by atoms with Crippen molar-refractivity contribution in [1.82, 2.24) is 5.32 Å². The topological polar surface area (TPSA) is 110 Å². The average molecular weight is 278 g/mol. The zero-order chi connectivity index (χ0) is 15.3. The summed E-state index contributed by atoms with van der Waals surface area (Å²) in [5.74, 6) is -1.87. The number of aliphatic carboxylic acids is 1. The van der Waals surface area contributed by atoms with Gasteiger partial charge in [0.1, 0.15) is 6.04 Å². The third-order valence-electron chi connectivity index (χ3n) is 2.48. The molecule has 0 unspecified atom stereocenters. The van der Waals surface area contributed by atoms with Crippen LogP contribution < -0.4 is 5.32 Å². The first-order valence-corrected chi connectivity index (χ1v) is 5.73. The first-order valence-electron chi connectivity index (χ1n) is 5.73. The fourth-order valence-electron chi connectivity index (χ4n) is 1.55. The van der Waals surface area contributed by atoms with Crippen molar-refractivity contribution in [3.05, 3.63) is 52.1 Å². The minimum Gasteiger partial charge on any atom is -0.480 e. The quantitative estimate of drug-likeness (QED) is 0.468. The van der Waals surface area contributed by atoms with Crippen molar-refractivity contribution in [3.63, 3.8) is 0 Å². The minimum atomic E-state index is -1.19. The minimum absolute atomic E-state index is 0.0344. The summed E-state index contributed by atoms with van der Waals surface area (Å²) in [5.41, 5.74) is 0.410. The molecule has 7 nitrogen and oxygen atoms in total. The summed E-state index contributed by atoms with van der Waals surface area (Å²) in [5, 5.41) is 21.9. The summed E-state index contributed by atoms with van der Waals surface area (Å²) in [6.45, 7) is 5.24. The number of carbonyl (C=O) groups is 2. The highest BCUT2D eigenvalue weighted by atomic mass is 16.6. The van der Waals surface area contributed by atoms with E-state index in [1.54, 1.807) is 6.92 Å². The van der Waals surface area contributed by atoms with Crippen LogP contribution in [-0.2, 0) is 4.79 Å². The number of benzene rings is 1. The van der Waals surface area contributed by atoms with Crippen LogP contribution in [-0.4, -0.2) is 27.9 Å². The van der Waals surface area contributed by atoms with Gasteiger partial charge in [0.05, 0.1) is 4.92 Å².